The second-order valence-corrected chi connectivity index (χ2v) is 4.83. The fourth-order valence-corrected chi connectivity index (χ4v) is 1.89. The molecule has 0 amide bonds. The average Bonchev–Trinajstić information content (AvgIpc) is 2.28. The Morgan fingerprint density at radius 2 is 2.25 bits per heavy atom. The van der Waals surface area contributed by atoms with E-state index in [0.29, 0.717) is 13.1 Å². The van der Waals surface area contributed by atoms with Crippen LogP contribution in [0.1, 0.15) is 11.1 Å². The molecular formula is C12H19BrN2O. The topological polar surface area (TPSA) is 58.3 Å². The Morgan fingerprint density at radius 1 is 1.50 bits per heavy atom. The lowest BCUT2D eigenvalue weighted by Crippen LogP contribution is -2.33. The summed E-state index contributed by atoms with van der Waals surface area (Å²) < 4.78 is 1.11. The molecule has 1 aromatic rings. The second-order valence-electron chi connectivity index (χ2n) is 3.91. The van der Waals surface area contributed by atoms with Crippen LogP contribution in [-0.4, -0.2) is 30.8 Å². The first-order valence-corrected chi connectivity index (χ1v) is 6.26. The zero-order valence-corrected chi connectivity index (χ0v) is 11.1. The van der Waals surface area contributed by atoms with Crippen molar-refractivity contribution in [2.75, 3.05) is 19.6 Å². The Hall–Kier alpha value is -0.420. The molecule has 1 aromatic carbocycles. The summed E-state index contributed by atoms with van der Waals surface area (Å²) in [5.74, 6) is 0. The molecule has 0 saturated heterocycles. The molecular weight excluding hydrogens is 268 g/mol. The summed E-state index contributed by atoms with van der Waals surface area (Å²) >= 11 is 3.46. The zero-order chi connectivity index (χ0) is 12.0. The van der Waals surface area contributed by atoms with Gasteiger partial charge < -0.3 is 16.2 Å². The van der Waals surface area contributed by atoms with Crippen LogP contribution in [0.3, 0.4) is 0 Å². The highest BCUT2D eigenvalue weighted by molar-refractivity contribution is 9.10. The second kappa shape index (κ2) is 7.01. The van der Waals surface area contributed by atoms with Gasteiger partial charge in [0.15, 0.2) is 0 Å². The first-order valence-electron chi connectivity index (χ1n) is 5.47. The number of nitrogens with two attached hydrogens (primary N) is 1. The largest absolute Gasteiger partial charge is 0.390 e. The number of benzene rings is 1. The molecule has 0 aliphatic rings. The van der Waals surface area contributed by atoms with Gasteiger partial charge in [-0.25, -0.2) is 0 Å². The highest BCUT2D eigenvalue weighted by atomic mass is 79.9. The summed E-state index contributed by atoms with van der Waals surface area (Å²) in [7, 11) is 0. The summed E-state index contributed by atoms with van der Waals surface area (Å²) in [5.41, 5.74) is 7.93. The van der Waals surface area contributed by atoms with Crippen LogP contribution in [0.2, 0.25) is 0 Å². The van der Waals surface area contributed by atoms with Crippen molar-refractivity contribution in [2.45, 2.75) is 19.4 Å². The summed E-state index contributed by atoms with van der Waals surface area (Å²) in [4.78, 5) is 0. The van der Waals surface area contributed by atoms with Gasteiger partial charge in [-0.05, 0) is 43.1 Å². The molecule has 1 atom stereocenters. The van der Waals surface area contributed by atoms with Crippen molar-refractivity contribution < 1.29 is 5.11 Å². The van der Waals surface area contributed by atoms with E-state index in [1.54, 1.807) is 0 Å². The molecule has 1 rings (SSSR count). The molecule has 0 radical (unpaired) electrons. The third kappa shape index (κ3) is 4.61. The van der Waals surface area contributed by atoms with E-state index in [1.165, 1.54) is 11.1 Å². The van der Waals surface area contributed by atoms with Crippen LogP contribution in [0.25, 0.3) is 0 Å². The first kappa shape index (κ1) is 13.6. The summed E-state index contributed by atoms with van der Waals surface area (Å²) in [5, 5.41) is 12.4. The molecule has 0 spiro atoms. The minimum atomic E-state index is -0.441. The fraction of sp³-hybridized carbons (Fsp3) is 0.500. The van der Waals surface area contributed by atoms with Gasteiger partial charge in [0.1, 0.15) is 0 Å². The average molecular weight is 287 g/mol. The van der Waals surface area contributed by atoms with E-state index < -0.39 is 6.10 Å². The minimum absolute atomic E-state index is 0.308. The monoisotopic (exact) mass is 286 g/mol. The summed E-state index contributed by atoms with van der Waals surface area (Å²) in [6.45, 7) is 3.83. The van der Waals surface area contributed by atoms with Crippen LogP contribution in [0.4, 0.5) is 0 Å². The van der Waals surface area contributed by atoms with E-state index in [9.17, 15) is 5.11 Å². The number of rotatable bonds is 6. The number of halogens is 1. The number of aliphatic hydroxyl groups is 1. The van der Waals surface area contributed by atoms with Gasteiger partial charge in [0.2, 0.25) is 0 Å². The molecule has 0 fully saturated rings. The van der Waals surface area contributed by atoms with Gasteiger partial charge in [0.25, 0.3) is 0 Å². The maximum absolute atomic E-state index is 9.26. The number of aryl methyl sites for hydroxylation is 1. The van der Waals surface area contributed by atoms with Crippen LogP contribution >= 0.6 is 15.9 Å². The van der Waals surface area contributed by atoms with Gasteiger partial charge in [-0.3, -0.25) is 0 Å². The van der Waals surface area contributed by atoms with Crippen molar-refractivity contribution in [1.29, 1.82) is 0 Å². The smallest absolute Gasteiger partial charge is 0.0786 e. The van der Waals surface area contributed by atoms with E-state index in [1.807, 2.05) is 6.07 Å². The van der Waals surface area contributed by atoms with E-state index in [2.05, 4.69) is 40.3 Å². The van der Waals surface area contributed by atoms with Gasteiger partial charge in [0.05, 0.1) is 6.10 Å². The summed E-state index contributed by atoms with van der Waals surface area (Å²) in [6.07, 6.45) is 0.520. The quantitative estimate of drug-likeness (QED) is 0.689. The molecule has 0 aromatic heterocycles. The molecule has 4 N–H and O–H groups in total. The predicted octanol–water partition coefficient (Wildman–Crippen LogP) is 1.21. The van der Waals surface area contributed by atoms with Gasteiger partial charge >= 0.3 is 0 Å². The molecule has 0 aliphatic heterocycles. The Kier molecular flexibility index (Phi) is 5.98. The van der Waals surface area contributed by atoms with Gasteiger partial charge in [-0.2, -0.15) is 0 Å². The van der Waals surface area contributed by atoms with E-state index >= 15 is 0 Å². The van der Waals surface area contributed by atoms with E-state index in [0.717, 1.165) is 17.4 Å². The number of hydrogen-bond donors (Lipinski definition) is 3. The van der Waals surface area contributed by atoms with Crippen molar-refractivity contribution in [3.05, 3.63) is 33.8 Å². The zero-order valence-electron chi connectivity index (χ0n) is 9.54. The van der Waals surface area contributed by atoms with Crippen molar-refractivity contribution in [3.63, 3.8) is 0 Å². The number of hydrogen-bond acceptors (Lipinski definition) is 3. The van der Waals surface area contributed by atoms with Crippen molar-refractivity contribution in [2.24, 2.45) is 5.73 Å². The maximum Gasteiger partial charge on any atom is 0.0786 e. The lowest BCUT2D eigenvalue weighted by molar-refractivity contribution is 0.180. The van der Waals surface area contributed by atoms with Crippen LogP contribution in [0.15, 0.2) is 22.7 Å². The van der Waals surface area contributed by atoms with Crippen LogP contribution in [0, 0.1) is 6.92 Å². The number of aliphatic hydroxyl groups excluding tert-OH is 1. The first-order chi connectivity index (χ1) is 7.63. The van der Waals surface area contributed by atoms with Crippen molar-refractivity contribution in [3.8, 4) is 0 Å². The highest BCUT2D eigenvalue weighted by Crippen LogP contribution is 2.16. The highest BCUT2D eigenvalue weighted by Gasteiger charge is 2.01. The number of nitrogens with one attached hydrogen (secondary N) is 1. The van der Waals surface area contributed by atoms with Crippen LogP contribution in [-0.2, 0) is 6.42 Å². The van der Waals surface area contributed by atoms with E-state index in [-0.39, 0.29) is 0 Å². The SMILES string of the molecule is Cc1ccc(Br)cc1CCNCC(O)CN. The Bertz CT molecular complexity index is 331. The fourth-order valence-electron chi connectivity index (χ4n) is 1.48. The van der Waals surface area contributed by atoms with Crippen LogP contribution < -0.4 is 11.1 Å². The lowest BCUT2D eigenvalue weighted by atomic mass is 10.1. The molecule has 1 unspecified atom stereocenters. The molecule has 0 bridgehead atoms. The third-order valence-electron chi connectivity index (χ3n) is 2.53. The van der Waals surface area contributed by atoms with Crippen molar-refractivity contribution >= 4 is 15.9 Å². The van der Waals surface area contributed by atoms with Gasteiger partial charge in [0, 0.05) is 17.6 Å². The third-order valence-corrected chi connectivity index (χ3v) is 3.03. The minimum Gasteiger partial charge on any atom is -0.390 e. The molecule has 0 saturated carbocycles. The molecule has 0 heterocycles. The normalized spacial score (nSPS) is 12.8. The Morgan fingerprint density at radius 3 is 2.94 bits per heavy atom. The molecule has 0 aliphatic carbocycles. The molecule has 90 valence electrons. The maximum atomic E-state index is 9.26. The standard InChI is InChI=1S/C12H19BrN2O/c1-9-2-3-11(13)6-10(9)4-5-15-8-12(16)7-14/h2-3,6,12,15-16H,4-5,7-8,14H2,1H3. The summed E-state index contributed by atoms with van der Waals surface area (Å²) in [6, 6.07) is 6.29. The van der Waals surface area contributed by atoms with Gasteiger partial charge in [-0.15, -0.1) is 0 Å². The lowest BCUT2D eigenvalue weighted by Gasteiger charge is -2.10. The predicted molar refractivity (Wildman–Crippen MR) is 70.5 cm³/mol. The van der Waals surface area contributed by atoms with Crippen molar-refractivity contribution in [1.82, 2.24) is 5.32 Å². The van der Waals surface area contributed by atoms with E-state index in [4.69, 9.17) is 5.73 Å². The Balaban J connectivity index is 2.34. The molecule has 4 heteroatoms. The van der Waals surface area contributed by atoms with Gasteiger partial charge in [-0.1, -0.05) is 22.0 Å². The Labute approximate surface area is 105 Å². The molecule has 3 nitrogen and oxygen atoms in total. The molecule has 16 heavy (non-hydrogen) atoms. The van der Waals surface area contributed by atoms with Crippen LogP contribution in [0.5, 0.6) is 0 Å².